The molecule has 2 atom stereocenters. The van der Waals surface area contributed by atoms with Crippen molar-refractivity contribution in [1.82, 2.24) is 14.4 Å². The number of β-amino-alcohol motifs (C(OH)–C–C–N with tert-alkyl or cyclic N) is 1. The van der Waals surface area contributed by atoms with Gasteiger partial charge < -0.3 is 10.0 Å². The zero-order valence-electron chi connectivity index (χ0n) is 16.4. The van der Waals surface area contributed by atoms with Crippen molar-refractivity contribution in [3.05, 3.63) is 60.2 Å². The standard InChI is InChI=1S/C15H22N2O2.C7H5NO/c1-12(18)16(2)15(13-6-4-3-5-7-13)11-17-9-8-14(19)10-17;9-5-8-6-1-2-7(8)4-3-6/h3-7,14-15,19H,8-11H2,1-2H3;1-5H. The number of nitrogens with zero attached hydrogens (tertiary/aromatic N) is 3. The van der Waals surface area contributed by atoms with E-state index in [1.165, 1.54) is 0 Å². The maximum atomic E-state index is 11.7. The van der Waals surface area contributed by atoms with Crippen molar-refractivity contribution in [1.29, 1.82) is 0 Å². The molecule has 0 radical (unpaired) electrons. The highest BCUT2D eigenvalue weighted by Gasteiger charge is 2.26. The molecule has 1 saturated heterocycles. The summed E-state index contributed by atoms with van der Waals surface area (Å²) in [6.07, 6.45) is 1.43. The number of hydrogen-bond acceptors (Lipinski definition) is 4. The smallest absolute Gasteiger partial charge is 0.219 e. The number of likely N-dealkylation sites (N-methyl/N-ethyl adjacent to an activating group) is 1. The minimum atomic E-state index is -0.223. The molecular formula is C22H27N3O3. The number of hydrogen-bond donors (Lipinski definition) is 1. The number of aromatic nitrogens is 1. The summed E-state index contributed by atoms with van der Waals surface area (Å²) < 4.78 is 1.61. The quantitative estimate of drug-likeness (QED) is 0.689. The van der Waals surface area contributed by atoms with E-state index in [2.05, 4.69) is 17.0 Å². The minimum Gasteiger partial charge on any atom is -0.392 e. The van der Waals surface area contributed by atoms with E-state index in [-0.39, 0.29) is 18.1 Å². The van der Waals surface area contributed by atoms with E-state index in [1.54, 1.807) is 16.4 Å². The maximum absolute atomic E-state index is 11.7. The second-order valence-electron chi connectivity index (χ2n) is 7.25. The Kier molecular flexibility index (Phi) is 6.44. The van der Waals surface area contributed by atoms with Crippen LogP contribution in [0.25, 0.3) is 11.0 Å². The molecule has 0 saturated carbocycles. The van der Waals surface area contributed by atoms with Crippen LogP contribution in [0.15, 0.2) is 54.6 Å². The van der Waals surface area contributed by atoms with Gasteiger partial charge in [-0.3, -0.25) is 19.1 Å². The summed E-state index contributed by atoms with van der Waals surface area (Å²) >= 11 is 0. The number of aliphatic hydroxyl groups is 1. The van der Waals surface area contributed by atoms with Gasteiger partial charge in [-0.05, 0) is 36.2 Å². The second-order valence-corrected chi connectivity index (χ2v) is 7.25. The predicted molar refractivity (Wildman–Crippen MR) is 110 cm³/mol. The first-order valence-corrected chi connectivity index (χ1v) is 9.53. The van der Waals surface area contributed by atoms with Crippen LogP contribution in [0, 0.1) is 0 Å². The first-order valence-electron chi connectivity index (χ1n) is 9.53. The van der Waals surface area contributed by atoms with Gasteiger partial charge in [-0.1, -0.05) is 30.3 Å². The van der Waals surface area contributed by atoms with E-state index in [9.17, 15) is 14.7 Å². The molecule has 1 aliphatic heterocycles. The second kappa shape index (κ2) is 8.99. The van der Waals surface area contributed by atoms with Gasteiger partial charge in [-0.2, -0.15) is 0 Å². The van der Waals surface area contributed by atoms with Crippen LogP contribution >= 0.6 is 0 Å². The van der Waals surface area contributed by atoms with Crippen molar-refractivity contribution in [2.24, 2.45) is 0 Å². The zero-order chi connectivity index (χ0) is 20.1. The van der Waals surface area contributed by atoms with E-state index < -0.39 is 0 Å². The van der Waals surface area contributed by atoms with E-state index in [4.69, 9.17) is 0 Å². The Morgan fingerprint density at radius 1 is 1.18 bits per heavy atom. The number of carbonyl (C=O) groups is 2. The van der Waals surface area contributed by atoms with E-state index in [0.29, 0.717) is 6.54 Å². The summed E-state index contributed by atoms with van der Waals surface area (Å²) in [7, 11) is 1.84. The molecule has 3 aromatic rings. The van der Waals surface area contributed by atoms with Gasteiger partial charge in [0.05, 0.1) is 12.1 Å². The third kappa shape index (κ3) is 4.58. The van der Waals surface area contributed by atoms with Crippen molar-refractivity contribution < 1.29 is 14.7 Å². The minimum absolute atomic E-state index is 0.0454. The molecule has 2 bridgehead atoms. The summed E-state index contributed by atoms with van der Waals surface area (Å²) in [4.78, 5) is 25.9. The largest absolute Gasteiger partial charge is 0.392 e. The van der Waals surface area contributed by atoms with Crippen LogP contribution in [-0.4, -0.2) is 64.6 Å². The molecule has 4 rings (SSSR count). The predicted octanol–water partition coefficient (Wildman–Crippen LogP) is 2.39. The van der Waals surface area contributed by atoms with Crippen molar-refractivity contribution >= 4 is 23.4 Å². The summed E-state index contributed by atoms with van der Waals surface area (Å²) in [6.45, 7) is 3.97. The topological polar surface area (TPSA) is 65.8 Å². The molecule has 28 heavy (non-hydrogen) atoms. The maximum Gasteiger partial charge on any atom is 0.219 e. The van der Waals surface area contributed by atoms with E-state index in [1.807, 2.05) is 49.5 Å². The number of carbonyl (C=O) groups excluding carboxylic acids is 2. The summed E-state index contributed by atoms with van der Waals surface area (Å²) in [5, 5.41) is 9.61. The first-order chi connectivity index (χ1) is 13.5. The Morgan fingerprint density at radius 3 is 2.21 bits per heavy atom. The van der Waals surface area contributed by atoms with E-state index in [0.717, 1.165) is 42.5 Å². The molecule has 1 N–H and O–H groups in total. The SMILES string of the molecule is CC(=O)N(C)C(CN1CCC(O)C1)c1ccccc1.O=Cn1c2ccc1cc2. The third-order valence-corrected chi connectivity index (χ3v) is 5.34. The Bertz CT molecular complexity index is 845. The average molecular weight is 381 g/mol. The Hall–Kier alpha value is -2.70. The molecule has 1 aliphatic rings. The lowest BCUT2D eigenvalue weighted by Crippen LogP contribution is -2.38. The molecule has 6 nitrogen and oxygen atoms in total. The molecule has 148 valence electrons. The molecule has 3 heterocycles. The van der Waals surface area contributed by atoms with Crippen molar-refractivity contribution in [2.45, 2.75) is 25.5 Å². The molecule has 1 aromatic carbocycles. The van der Waals surface area contributed by atoms with Crippen LogP contribution < -0.4 is 0 Å². The monoisotopic (exact) mass is 381 g/mol. The van der Waals surface area contributed by atoms with Gasteiger partial charge in [0.2, 0.25) is 12.3 Å². The van der Waals surface area contributed by atoms with Crippen LogP contribution in [0.2, 0.25) is 0 Å². The number of rotatable bonds is 5. The average Bonchev–Trinajstić information content (AvgIpc) is 3.42. The van der Waals surface area contributed by atoms with Gasteiger partial charge in [0, 0.05) is 44.6 Å². The fraction of sp³-hybridized carbons (Fsp3) is 0.364. The normalized spacial score (nSPS) is 17.9. The van der Waals surface area contributed by atoms with Crippen molar-refractivity contribution in [2.75, 3.05) is 26.7 Å². The van der Waals surface area contributed by atoms with Gasteiger partial charge in [0.1, 0.15) is 0 Å². The molecule has 1 amide bonds. The highest BCUT2D eigenvalue weighted by Crippen LogP contribution is 2.23. The van der Waals surface area contributed by atoms with E-state index >= 15 is 0 Å². The lowest BCUT2D eigenvalue weighted by molar-refractivity contribution is -0.130. The molecule has 2 unspecified atom stereocenters. The summed E-state index contributed by atoms with van der Waals surface area (Å²) in [6, 6.07) is 17.8. The third-order valence-electron chi connectivity index (χ3n) is 5.34. The number of benzene rings is 2. The summed E-state index contributed by atoms with van der Waals surface area (Å²) in [5.41, 5.74) is 3.08. The highest BCUT2D eigenvalue weighted by molar-refractivity contribution is 5.80. The van der Waals surface area contributed by atoms with Crippen LogP contribution in [-0.2, 0) is 9.59 Å². The Labute approximate surface area is 165 Å². The van der Waals surface area contributed by atoms with Gasteiger partial charge in [0.15, 0.2) is 0 Å². The molecule has 6 heteroatoms. The fourth-order valence-electron chi connectivity index (χ4n) is 3.61. The highest BCUT2D eigenvalue weighted by atomic mass is 16.3. The van der Waals surface area contributed by atoms with Crippen LogP contribution in [0.3, 0.4) is 0 Å². The number of amides is 1. The molecule has 0 aliphatic carbocycles. The van der Waals surface area contributed by atoms with Crippen molar-refractivity contribution in [3.63, 3.8) is 0 Å². The molecule has 2 aromatic heterocycles. The van der Waals surface area contributed by atoms with Crippen LogP contribution in [0.4, 0.5) is 0 Å². The zero-order valence-corrected chi connectivity index (χ0v) is 16.4. The lowest BCUT2D eigenvalue weighted by Gasteiger charge is -2.31. The number of fused-ring (bicyclic) bond motifs is 2. The van der Waals surface area contributed by atoms with Crippen molar-refractivity contribution in [3.8, 4) is 0 Å². The van der Waals surface area contributed by atoms with Crippen LogP contribution in [0.5, 0.6) is 0 Å². The molecule has 0 spiro atoms. The lowest BCUT2D eigenvalue weighted by atomic mass is 10.1. The fourth-order valence-corrected chi connectivity index (χ4v) is 3.61. The van der Waals surface area contributed by atoms with Gasteiger partial charge in [0.25, 0.3) is 0 Å². The Morgan fingerprint density at radius 2 is 1.79 bits per heavy atom. The number of aliphatic hydroxyl groups excluding tert-OH is 1. The van der Waals surface area contributed by atoms with Crippen LogP contribution in [0.1, 0.15) is 24.9 Å². The number of likely N-dealkylation sites (tertiary alicyclic amines) is 1. The van der Waals surface area contributed by atoms with Gasteiger partial charge in [-0.25, -0.2) is 0 Å². The first kappa shape index (κ1) is 20.0. The molecule has 1 fully saturated rings. The van der Waals surface area contributed by atoms with Gasteiger partial charge >= 0.3 is 0 Å². The molecular weight excluding hydrogens is 354 g/mol. The Balaban J connectivity index is 0.000000206. The van der Waals surface area contributed by atoms with Gasteiger partial charge in [-0.15, -0.1) is 0 Å². The summed E-state index contributed by atoms with van der Waals surface area (Å²) in [5.74, 6) is 0.0635.